The van der Waals surface area contributed by atoms with Crippen LogP contribution in [0.1, 0.15) is 35.3 Å². The molecule has 0 saturated carbocycles. The van der Waals surface area contributed by atoms with Gasteiger partial charge in [-0.05, 0) is 67.3 Å². The van der Waals surface area contributed by atoms with Crippen molar-refractivity contribution in [1.29, 1.82) is 0 Å². The number of benzene rings is 2. The molecule has 0 fully saturated rings. The normalized spacial score (nSPS) is 12.4. The zero-order chi connectivity index (χ0) is 19.8. The fraction of sp³-hybridized carbons (Fsp3) is 0.300. The van der Waals surface area contributed by atoms with E-state index in [0.29, 0.717) is 17.7 Å². The number of hydrogen-bond acceptors (Lipinski definition) is 4. The first-order chi connectivity index (χ1) is 12.9. The molecule has 0 heterocycles. The predicted molar refractivity (Wildman–Crippen MR) is 116 cm³/mol. The number of anilines is 1. The molecule has 152 valence electrons. The maximum Gasteiger partial charge on any atom is 0.255 e. The molecule has 2 aromatic rings. The van der Waals surface area contributed by atoms with Crippen LogP contribution in [-0.2, 0) is 4.79 Å². The van der Waals surface area contributed by atoms with Gasteiger partial charge in [0, 0.05) is 11.3 Å². The molecule has 2 rings (SSSR count). The van der Waals surface area contributed by atoms with Gasteiger partial charge in [0.05, 0.1) is 12.1 Å². The number of amides is 2. The van der Waals surface area contributed by atoms with Crippen LogP contribution in [-0.4, -0.2) is 29.9 Å². The van der Waals surface area contributed by atoms with Crippen molar-refractivity contribution in [3.8, 4) is 0 Å². The van der Waals surface area contributed by atoms with Crippen LogP contribution in [0.5, 0.6) is 0 Å². The molecule has 28 heavy (non-hydrogen) atoms. The van der Waals surface area contributed by atoms with E-state index in [1.165, 1.54) is 24.3 Å². The highest BCUT2D eigenvalue weighted by atomic mass is 35.5. The van der Waals surface area contributed by atoms with E-state index in [9.17, 15) is 14.0 Å². The molecule has 0 radical (unpaired) electrons. The zero-order valence-electron chi connectivity index (χ0n) is 15.8. The van der Waals surface area contributed by atoms with Gasteiger partial charge in [0.15, 0.2) is 0 Å². The summed E-state index contributed by atoms with van der Waals surface area (Å²) in [5.74, 6) is -0.0417. The molecule has 5 nitrogen and oxygen atoms in total. The molecule has 2 aromatic carbocycles. The van der Waals surface area contributed by atoms with E-state index in [1.807, 2.05) is 25.3 Å². The minimum atomic E-state index is -0.519. The van der Waals surface area contributed by atoms with Gasteiger partial charge in [-0.2, -0.15) is 11.8 Å². The summed E-state index contributed by atoms with van der Waals surface area (Å²) in [5, 5.41) is 5.66. The summed E-state index contributed by atoms with van der Waals surface area (Å²) >= 11 is 1.65. The smallest absolute Gasteiger partial charge is 0.255 e. The van der Waals surface area contributed by atoms with E-state index in [-0.39, 0.29) is 36.1 Å². The molecule has 0 aliphatic heterocycles. The Hall–Kier alpha value is -2.09. The average Bonchev–Trinajstić information content (AvgIpc) is 2.66. The van der Waals surface area contributed by atoms with Crippen molar-refractivity contribution in [2.75, 3.05) is 17.3 Å². The monoisotopic (exact) mass is 425 g/mol. The summed E-state index contributed by atoms with van der Waals surface area (Å²) in [5.41, 5.74) is 7.77. The highest BCUT2D eigenvalue weighted by Crippen LogP contribution is 2.17. The summed E-state index contributed by atoms with van der Waals surface area (Å²) in [4.78, 5) is 24.2. The van der Waals surface area contributed by atoms with Crippen molar-refractivity contribution in [1.82, 2.24) is 5.32 Å². The fourth-order valence-corrected chi connectivity index (χ4v) is 2.93. The van der Waals surface area contributed by atoms with Crippen LogP contribution in [0.2, 0.25) is 0 Å². The molecule has 0 aliphatic carbocycles. The molecule has 0 spiro atoms. The van der Waals surface area contributed by atoms with E-state index in [4.69, 9.17) is 5.73 Å². The molecule has 8 heteroatoms. The van der Waals surface area contributed by atoms with Gasteiger partial charge < -0.3 is 16.4 Å². The van der Waals surface area contributed by atoms with Gasteiger partial charge in [0.1, 0.15) is 5.82 Å². The highest BCUT2D eigenvalue weighted by molar-refractivity contribution is 7.98. The van der Waals surface area contributed by atoms with Crippen molar-refractivity contribution in [2.24, 2.45) is 5.73 Å². The van der Waals surface area contributed by atoms with Crippen molar-refractivity contribution in [3.63, 3.8) is 0 Å². The third-order valence-corrected chi connectivity index (χ3v) is 4.75. The van der Waals surface area contributed by atoms with Gasteiger partial charge in [0.2, 0.25) is 5.91 Å². The quantitative estimate of drug-likeness (QED) is 0.601. The van der Waals surface area contributed by atoms with Gasteiger partial charge in [-0.15, -0.1) is 12.4 Å². The molecule has 1 unspecified atom stereocenters. The largest absolute Gasteiger partial charge is 0.348 e. The van der Waals surface area contributed by atoms with Crippen molar-refractivity contribution >= 4 is 41.7 Å². The Kier molecular flexibility index (Phi) is 9.99. The maximum absolute atomic E-state index is 12.9. The lowest BCUT2D eigenvalue weighted by molar-refractivity contribution is -0.123. The molecule has 4 N–H and O–H groups in total. The Bertz CT molecular complexity index is 772. The van der Waals surface area contributed by atoms with Gasteiger partial charge in [-0.1, -0.05) is 12.1 Å². The Balaban J connectivity index is 0.00000392. The summed E-state index contributed by atoms with van der Waals surface area (Å²) in [6.45, 7) is 1.88. The molecule has 2 atom stereocenters. The van der Waals surface area contributed by atoms with Crippen molar-refractivity contribution < 1.29 is 14.0 Å². The molecule has 0 aliphatic rings. The van der Waals surface area contributed by atoms with Crippen molar-refractivity contribution in [2.45, 2.75) is 25.4 Å². The second-order valence-electron chi connectivity index (χ2n) is 6.20. The molecule has 0 bridgehead atoms. The molecule has 0 saturated heterocycles. The summed E-state index contributed by atoms with van der Waals surface area (Å²) in [6.07, 6.45) is 2.61. The van der Waals surface area contributed by atoms with E-state index >= 15 is 0 Å². The number of carbonyl (C=O) groups excluding carboxylic acids is 2. The number of halogens is 2. The minimum absolute atomic E-state index is 0. The minimum Gasteiger partial charge on any atom is -0.348 e. The summed E-state index contributed by atoms with van der Waals surface area (Å²) in [7, 11) is 0. The predicted octanol–water partition coefficient (Wildman–Crippen LogP) is 3.76. The Morgan fingerprint density at radius 2 is 1.71 bits per heavy atom. The van der Waals surface area contributed by atoms with Crippen LogP contribution >= 0.6 is 24.2 Å². The number of carbonyl (C=O) groups is 2. The standard InChI is InChI=1S/C20H24FN3O2S.ClH/c1-13(23-20(26)18(22)11-12-27-2)14-5-9-17(10-6-14)24-19(25)15-3-7-16(21)8-4-15;/h3-10,13,18H,11-12,22H2,1-2H3,(H,23,26)(H,24,25);1H/t13?,18-;/m0./s1. The summed E-state index contributed by atoms with van der Waals surface area (Å²) in [6, 6.07) is 11.8. The van der Waals surface area contributed by atoms with Gasteiger partial charge in [-0.3, -0.25) is 9.59 Å². The van der Waals surface area contributed by atoms with Gasteiger partial charge >= 0.3 is 0 Å². The van der Waals surface area contributed by atoms with E-state index in [0.717, 1.165) is 11.3 Å². The van der Waals surface area contributed by atoms with Crippen LogP contribution in [0.15, 0.2) is 48.5 Å². The highest BCUT2D eigenvalue weighted by Gasteiger charge is 2.16. The zero-order valence-corrected chi connectivity index (χ0v) is 17.4. The van der Waals surface area contributed by atoms with Crippen LogP contribution in [0, 0.1) is 5.82 Å². The number of thioether (sulfide) groups is 1. The first-order valence-electron chi connectivity index (χ1n) is 8.62. The van der Waals surface area contributed by atoms with E-state index < -0.39 is 6.04 Å². The van der Waals surface area contributed by atoms with Crippen LogP contribution < -0.4 is 16.4 Å². The second kappa shape index (κ2) is 11.7. The van der Waals surface area contributed by atoms with E-state index in [2.05, 4.69) is 10.6 Å². The number of nitrogens with two attached hydrogens (primary N) is 1. The molecule has 2 amide bonds. The van der Waals surface area contributed by atoms with Crippen LogP contribution in [0.3, 0.4) is 0 Å². The van der Waals surface area contributed by atoms with Gasteiger partial charge in [0.25, 0.3) is 5.91 Å². The molecular weight excluding hydrogens is 401 g/mol. The fourth-order valence-electron chi connectivity index (χ4n) is 2.44. The lowest BCUT2D eigenvalue weighted by atomic mass is 10.1. The van der Waals surface area contributed by atoms with Crippen LogP contribution in [0.25, 0.3) is 0 Å². The average molecular weight is 426 g/mol. The van der Waals surface area contributed by atoms with E-state index in [1.54, 1.807) is 23.9 Å². The first kappa shape index (κ1) is 23.9. The SMILES string of the molecule is CSCC[C@H](N)C(=O)NC(C)c1ccc(NC(=O)c2ccc(F)cc2)cc1.Cl. The van der Waals surface area contributed by atoms with Gasteiger partial charge in [-0.25, -0.2) is 4.39 Å². The van der Waals surface area contributed by atoms with Crippen molar-refractivity contribution in [3.05, 3.63) is 65.5 Å². The Morgan fingerprint density at radius 3 is 2.29 bits per heavy atom. The summed E-state index contributed by atoms with van der Waals surface area (Å²) < 4.78 is 12.9. The topological polar surface area (TPSA) is 84.2 Å². The lowest BCUT2D eigenvalue weighted by Gasteiger charge is -2.18. The van der Waals surface area contributed by atoms with Crippen LogP contribution in [0.4, 0.5) is 10.1 Å². The third kappa shape index (κ3) is 7.14. The number of hydrogen-bond donors (Lipinski definition) is 3. The second-order valence-corrected chi connectivity index (χ2v) is 7.19. The Labute approximate surface area is 175 Å². The lowest BCUT2D eigenvalue weighted by Crippen LogP contribution is -2.41. The molecular formula is C20H25ClFN3O2S. The Morgan fingerprint density at radius 1 is 1.11 bits per heavy atom. The number of nitrogens with one attached hydrogen (secondary N) is 2. The number of rotatable bonds is 8. The molecule has 0 aromatic heterocycles. The first-order valence-corrected chi connectivity index (χ1v) is 10.0. The maximum atomic E-state index is 12.9. The third-order valence-electron chi connectivity index (χ3n) is 4.10.